The third kappa shape index (κ3) is 5.38. The number of fused-ring (bicyclic) bond motifs is 1. The predicted molar refractivity (Wildman–Crippen MR) is 122 cm³/mol. The van der Waals surface area contributed by atoms with Gasteiger partial charge in [0.05, 0.1) is 18.0 Å². The molecule has 0 aromatic heterocycles. The number of thioether (sulfide) groups is 1. The van der Waals surface area contributed by atoms with Crippen LogP contribution in [0.4, 0.5) is 5.69 Å². The zero-order chi connectivity index (χ0) is 20.3. The van der Waals surface area contributed by atoms with Crippen molar-refractivity contribution < 1.29 is 14.3 Å². The molecule has 0 bridgehead atoms. The lowest BCUT2D eigenvalue weighted by Gasteiger charge is -2.28. The topological polar surface area (TPSA) is 42.0 Å². The van der Waals surface area contributed by atoms with Gasteiger partial charge in [0.25, 0.3) is 5.91 Å². The van der Waals surface area contributed by atoms with Gasteiger partial charge in [-0.3, -0.25) is 4.79 Å². The number of amides is 1. The number of carbonyl (C=O) groups is 1. The number of likely N-dealkylation sites (N-methyl/N-ethyl adjacent to an activating group) is 1. The first-order chi connectivity index (χ1) is 13.4. The summed E-state index contributed by atoms with van der Waals surface area (Å²) in [5, 5.41) is 0.459. The molecule has 1 aliphatic heterocycles. The SMILES string of the molecule is COc1ccc(C2Sc3cc(Cl)ccc3N(CCN(C)C)C(=O)C2OC)cc1.Cl. The summed E-state index contributed by atoms with van der Waals surface area (Å²) in [6.07, 6.45) is -0.605. The second-order valence-corrected chi connectivity index (χ2v) is 8.49. The monoisotopic (exact) mass is 456 g/mol. The summed E-state index contributed by atoms with van der Waals surface area (Å²) in [5.74, 6) is 0.734. The molecular weight excluding hydrogens is 431 g/mol. The quantitative estimate of drug-likeness (QED) is 0.638. The number of methoxy groups -OCH3 is 2. The average molecular weight is 457 g/mol. The molecule has 8 heteroatoms. The van der Waals surface area contributed by atoms with E-state index in [1.165, 1.54) is 0 Å². The number of hydrogen-bond acceptors (Lipinski definition) is 5. The van der Waals surface area contributed by atoms with Crippen LogP contribution in [0.1, 0.15) is 10.8 Å². The lowest BCUT2D eigenvalue weighted by atomic mass is 10.1. The number of anilines is 1. The highest BCUT2D eigenvalue weighted by Gasteiger charge is 2.38. The third-order valence-electron chi connectivity index (χ3n) is 4.72. The summed E-state index contributed by atoms with van der Waals surface area (Å²) in [7, 11) is 7.21. The maximum absolute atomic E-state index is 13.5. The molecule has 2 aromatic rings. The van der Waals surface area contributed by atoms with Crippen LogP contribution in [0.15, 0.2) is 47.4 Å². The molecule has 2 atom stereocenters. The lowest BCUT2D eigenvalue weighted by Crippen LogP contribution is -2.44. The van der Waals surface area contributed by atoms with Crippen LogP contribution in [-0.2, 0) is 9.53 Å². The van der Waals surface area contributed by atoms with Crippen LogP contribution in [0.25, 0.3) is 0 Å². The maximum Gasteiger partial charge on any atom is 0.257 e. The van der Waals surface area contributed by atoms with Crippen LogP contribution in [-0.4, -0.2) is 58.3 Å². The van der Waals surface area contributed by atoms with Crippen LogP contribution < -0.4 is 9.64 Å². The minimum absolute atomic E-state index is 0. The fraction of sp³-hybridized carbons (Fsp3) is 0.381. The number of hydrogen-bond donors (Lipinski definition) is 0. The van der Waals surface area contributed by atoms with E-state index in [0.29, 0.717) is 11.6 Å². The molecule has 1 heterocycles. The van der Waals surface area contributed by atoms with Crippen molar-refractivity contribution in [2.75, 3.05) is 46.3 Å². The van der Waals surface area contributed by atoms with Gasteiger partial charge in [-0.05, 0) is 50.0 Å². The van der Waals surface area contributed by atoms with Crippen LogP contribution in [0.2, 0.25) is 5.02 Å². The average Bonchev–Trinajstić information content (AvgIpc) is 2.80. The Hall–Kier alpha value is -1.44. The first-order valence-electron chi connectivity index (χ1n) is 9.03. The summed E-state index contributed by atoms with van der Waals surface area (Å²) >= 11 is 7.88. The molecule has 2 aromatic carbocycles. The first-order valence-corrected chi connectivity index (χ1v) is 10.3. The molecule has 0 fully saturated rings. The van der Waals surface area contributed by atoms with Crippen molar-refractivity contribution in [2.45, 2.75) is 16.2 Å². The van der Waals surface area contributed by atoms with E-state index < -0.39 is 6.10 Å². The fourth-order valence-corrected chi connectivity index (χ4v) is 4.85. The van der Waals surface area contributed by atoms with E-state index in [2.05, 4.69) is 4.90 Å². The standard InChI is InChI=1S/C21H25ClN2O3S.ClH/c1-23(2)11-12-24-17-10-7-15(22)13-18(17)28-20(19(27-4)21(24)25)14-5-8-16(26-3)9-6-14;/h5-10,13,19-20H,11-12H2,1-4H3;1H. The Balaban J connectivity index is 0.00000300. The van der Waals surface area contributed by atoms with E-state index in [1.807, 2.05) is 61.5 Å². The van der Waals surface area contributed by atoms with Crippen LogP contribution >= 0.6 is 35.8 Å². The van der Waals surface area contributed by atoms with E-state index >= 15 is 0 Å². The number of rotatable bonds is 6. The Kier molecular flexibility index (Phi) is 8.67. The molecule has 1 aliphatic rings. The number of halogens is 2. The van der Waals surface area contributed by atoms with E-state index in [1.54, 1.807) is 26.0 Å². The summed E-state index contributed by atoms with van der Waals surface area (Å²) in [4.78, 5) is 18.3. The minimum Gasteiger partial charge on any atom is -0.497 e. The van der Waals surface area contributed by atoms with Gasteiger partial charge >= 0.3 is 0 Å². The van der Waals surface area contributed by atoms with Crippen molar-refractivity contribution in [1.29, 1.82) is 0 Å². The van der Waals surface area contributed by atoms with Gasteiger partial charge in [-0.25, -0.2) is 0 Å². The van der Waals surface area contributed by atoms with Gasteiger partial charge < -0.3 is 19.3 Å². The molecule has 0 aliphatic carbocycles. The molecule has 0 N–H and O–H groups in total. The molecule has 0 saturated carbocycles. The number of carbonyl (C=O) groups excluding carboxylic acids is 1. The van der Waals surface area contributed by atoms with Gasteiger partial charge in [0.1, 0.15) is 5.75 Å². The Morgan fingerprint density at radius 2 is 1.83 bits per heavy atom. The summed E-state index contributed by atoms with van der Waals surface area (Å²) < 4.78 is 11.0. The van der Waals surface area contributed by atoms with Crippen molar-refractivity contribution in [1.82, 2.24) is 4.90 Å². The molecule has 5 nitrogen and oxygen atoms in total. The van der Waals surface area contributed by atoms with E-state index in [-0.39, 0.29) is 23.6 Å². The zero-order valence-electron chi connectivity index (χ0n) is 16.9. The third-order valence-corrected chi connectivity index (χ3v) is 6.31. The van der Waals surface area contributed by atoms with Gasteiger partial charge in [-0.15, -0.1) is 24.2 Å². The Bertz CT molecular complexity index is 833. The lowest BCUT2D eigenvalue weighted by molar-refractivity contribution is -0.128. The van der Waals surface area contributed by atoms with Gasteiger partial charge in [0.2, 0.25) is 0 Å². The number of nitrogens with zero attached hydrogens (tertiary/aromatic N) is 2. The van der Waals surface area contributed by atoms with Crippen molar-refractivity contribution >= 4 is 47.4 Å². The molecule has 29 heavy (non-hydrogen) atoms. The molecule has 1 amide bonds. The van der Waals surface area contributed by atoms with E-state index in [9.17, 15) is 4.79 Å². The van der Waals surface area contributed by atoms with E-state index in [0.717, 1.165) is 28.4 Å². The van der Waals surface area contributed by atoms with Crippen molar-refractivity contribution in [2.24, 2.45) is 0 Å². The smallest absolute Gasteiger partial charge is 0.257 e. The Morgan fingerprint density at radius 1 is 1.14 bits per heavy atom. The molecule has 3 rings (SSSR count). The Labute approximate surface area is 187 Å². The van der Waals surface area contributed by atoms with Gasteiger partial charge in [0, 0.05) is 30.1 Å². The highest BCUT2D eigenvalue weighted by Crippen LogP contribution is 2.47. The molecular formula is C21H26Cl2N2O3S. The summed E-state index contributed by atoms with van der Waals surface area (Å²) in [5.41, 5.74) is 1.88. The van der Waals surface area contributed by atoms with Crippen molar-refractivity contribution in [3.63, 3.8) is 0 Å². The fourth-order valence-electron chi connectivity index (χ4n) is 3.20. The largest absolute Gasteiger partial charge is 0.497 e. The van der Waals surface area contributed by atoms with Crippen molar-refractivity contribution in [3.8, 4) is 5.75 Å². The molecule has 0 radical (unpaired) electrons. The van der Waals surface area contributed by atoms with E-state index in [4.69, 9.17) is 21.1 Å². The maximum atomic E-state index is 13.5. The van der Waals surface area contributed by atoms with Gasteiger partial charge in [0.15, 0.2) is 6.10 Å². The number of ether oxygens (including phenoxy) is 2. The highest BCUT2D eigenvalue weighted by molar-refractivity contribution is 7.99. The second-order valence-electron chi connectivity index (χ2n) is 6.87. The first kappa shape index (κ1) is 23.8. The molecule has 158 valence electrons. The summed E-state index contributed by atoms with van der Waals surface area (Å²) in [6.45, 7) is 1.33. The summed E-state index contributed by atoms with van der Waals surface area (Å²) in [6, 6.07) is 13.4. The molecule has 0 spiro atoms. The normalized spacial score (nSPS) is 18.8. The number of benzene rings is 2. The highest BCUT2D eigenvalue weighted by atomic mass is 35.5. The van der Waals surface area contributed by atoms with Crippen LogP contribution in [0, 0.1) is 0 Å². The van der Waals surface area contributed by atoms with Gasteiger partial charge in [-0.1, -0.05) is 23.7 Å². The van der Waals surface area contributed by atoms with Crippen LogP contribution in [0.5, 0.6) is 5.75 Å². The van der Waals surface area contributed by atoms with Gasteiger partial charge in [-0.2, -0.15) is 0 Å². The molecule has 2 unspecified atom stereocenters. The minimum atomic E-state index is -0.605. The second kappa shape index (κ2) is 10.5. The van der Waals surface area contributed by atoms with Crippen LogP contribution in [0.3, 0.4) is 0 Å². The predicted octanol–water partition coefficient (Wildman–Crippen LogP) is 4.53. The molecule has 0 saturated heterocycles. The van der Waals surface area contributed by atoms with Crippen molar-refractivity contribution in [3.05, 3.63) is 53.1 Å². The zero-order valence-corrected chi connectivity index (χ0v) is 19.3. The Morgan fingerprint density at radius 3 is 2.41 bits per heavy atom.